The van der Waals surface area contributed by atoms with Crippen molar-refractivity contribution in [2.75, 3.05) is 20.3 Å². The van der Waals surface area contributed by atoms with Gasteiger partial charge in [0.2, 0.25) is 0 Å². The minimum atomic E-state index is -0.965. The fourth-order valence-electron chi connectivity index (χ4n) is 4.65. The van der Waals surface area contributed by atoms with Gasteiger partial charge in [-0.15, -0.1) is 0 Å². The molecule has 31 heavy (non-hydrogen) atoms. The Morgan fingerprint density at radius 3 is 2.55 bits per heavy atom. The Kier molecular flexibility index (Phi) is 7.11. The Morgan fingerprint density at radius 2 is 1.94 bits per heavy atom. The van der Waals surface area contributed by atoms with E-state index in [1.165, 1.54) is 10.5 Å². The molecule has 0 aliphatic carbocycles. The first-order chi connectivity index (χ1) is 14.8. The molecule has 0 spiro atoms. The van der Waals surface area contributed by atoms with E-state index in [1.54, 1.807) is 14.0 Å². The van der Waals surface area contributed by atoms with Crippen LogP contribution in [0.4, 0.5) is 4.79 Å². The summed E-state index contributed by atoms with van der Waals surface area (Å²) in [7, 11) is 1.61. The van der Waals surface area contributed by atoms with Gasteiger partial charge in [0.25, 0.3) is 0 Å². The molecular formula is C25H33NO5. The molecule has 6 nitrogen and oxygen atoms in total. The SMILES string of the molecule is COc1ccc([C@@H]2CN(C(=O)O)C(C)[C@@]2(C)[C@@H](C)O)cc1OCCCc1ccccc1. The number of ether oxygens (including phenoxy) is 2. The number of methoxy groups -OCH3 is 1. The topological polar surface area (TPSA) is 79.2 Å². The number of hydrogen-bond donors (Lipinski definition) is 2. The average Bonchev–Trinajstić information content (AvgIpc) is 3.04. The number of hydrogen-bond acceptors (Lipinski definition) is 4. The minimum absolute atomic E-state index is 0.156. The lowest BCUT2D eigenvalue weighted by atomic mass is 9.69. The zero-order valence-electron chi connectivity index (χ0n) is 18.7. The van der Waals surface area contributed by atoms with Crippen molar-refractivity contribution >= 4 is 6.09 Å². The predicted molar refractivity (Wildman–Crippen MR) is 120 cm³/mol. The van der Waals surface area contributed by atoms with Crippen LogP contribution in [0.1, 0.15) is 44.2 Å². The largest absolute Gasteiger partial charge is 0.493 e. The first-order valence-corrected chi connectivity index (χ1v) is 10.8. The van der Waals surface area contributed by atoms with E-state index in [2.05, 4.69) is 12.1 Å². The van der Waals surface area contributed by atoms with Gasteiger partial charge < -0.3 is 24.6 Å². The van der Waals surface area contributed by atoms with Crippen molar-refractivity contribution in [3.8, 4) is 11.5 Å². The Labute approximate surface area is 184 Å². The number of nitrogens with zero attached hydrogens (tertiary/aromatic N) is 1. The lowest BCUT2D eigenvalue weighted by Crippen LogP contribution is -2.45. The molecule has 0 radical (unpaired) electrons. The third kappa shape index (κ3) is 4.64. The number of aryl methyl sites for hydroxylation is 1. The van der Waals surface area contributed by atoms with Crippen LogP contribution >= 0.6 is 0 Å². The molecule has 1 unspecified atom stereocenters. The highest BCUT2D eigenvalue weighted by Gasteiger charge is 2.53. The molecule has 1 aliphatic heterocycles. The summed E-state index contributed by atoms with van der Waals surface area (Å²) in [6.45, 7) is 6.44. The Balaban J connectivity index is 1.79. The van der Waals surface area contributed by atoms with Gasteiger partial charge >= 0.3 is 6.09 Å². The van der Waals surface area contributed by atoms with Crippen LogP contribution in [-0.4, -0.2) is 53.6 Å². The van der Waals surface area contributed by atoms with E-state index in [0.29, 0.717) is 24.7 Å². The summed E-state index contributed by atoms with van der Waals surface area (Å²) in [4.78, 5) is 13.2. The number of carboxylic acid groups (broad SMARTS) is 1. The molecule has 168 valence electrons. The Morgan fingerprint density at radius 1 is 1.23 bits per heavy atom. The standard InChI is InChI=1S/C25H33NO5/c1-17-25(3,18(2)27)21(16-26(17)24(28)29)20-12-13-22(30-4)23(15-20)31-14-8-11-19-9-6-5-7-10-19/h5-7,9-10,12-13,15,17-18,21,27H,8,11,14,16H2,1-4H3,(H,28,29)/t17?,18-,21+,25+/m1/s1. The van der Waals surface area contributed by atoms with Crippen LogP contribution in [0.25, 0.3) is 0 Å². The van der Waals surface area contributed by atoms with Crippen LogP contribution < -0.4 is 9.47 Å². The number of likely N-dealkylation sites (tertiary alicyclic amines) is 1. The van der Waals surface area contributed by atoms with Crippen LogP contribution in [-0.2, 0) is 6.42 Å². The molecule has 0 saturated carbocycles. The summed E-state index contributed by atoms with van der Waals surface area (Å²) < 4.78 is 11.5. The highest BCUT2D eigenvalue weighted by molar-refractivity contribution is 5.66. The maximum absolute atomic E-state index is 11.8. The van der Waals surface area contributed by atoms with E-state index in [4.69, 9.17) is 9.47 Å². The molecule has 1 aliphatic rings. The lowest BCUT2D eigenvalue weighted by molar-refractivity contribution is 0.0204. The zero-order valence-corrected chi connectivity index (χ0v) is 18.7. The first kappa shape index (κ1) is 22.9. The molecule has 3 rings (SSSR count). The van der Waals surface area contributed by atoms with Crippen molar-refractivity contribution in [1.29, 1.82) is 0 Å². The molecule has 0 bridgehead atoms. The van der Waals surface area contributed by atoms with Gasteiger partial charge in [-0.3, -0.25) is 0 Å². The van der Waals surface area contributed by atoms with Gasteiger partial charge in [-0.25, -0.2) is 4.79 Å². The lowest BCUT2D eigenvalue weighted by Gasteiger charge is -2.38. The Bertz CT molecular complexity index is 885. The number of aliphatic hydroxyl groups excluding tert-OH is 1. The normalized spacial score (nSPS) is 24.1. The van der Waals surface area contributed by atoms with Crippen molar-refractivity contribution in [2.45, 2.75) is 51.7 Å². The van der Waals surface area contributed by atoms with E-state index in [-0.39, 0.29) is 12.0 Å². The van der Waals surface area contributed by atoms with Gasteiger partial charge in [-0.1, -0.05) is 43.3 Å². The number of aliphatic hydroxyl groups is 1. The second-order valence-corrected chi connectivity index (χ2v) is 8.55. The number of benzene rings is 2. The predicted octanol–water partition coefficient (Wildman–Crippen LogP) is 4.56. The van der Waals surface area contributed by atoms with Crippen molar-refractivity contribution < 1.29 is 24.5 Å². The number of carbonyl (C=O) groups is 1. The molecular weight excluding hydrogens is 394 g/mol. The smallest absolute Gasteiger partial charge is 0.407 e. The van der Waals surface area contributed by atoms with E-state index in [9.17, 15) is 15.0 Å². The zero-order chi connectivity index (χ0) is 22.6. The van der Waals surface area contributed by atoms with E-state index in [0.717, 1.165) is 18.4 Å². The minimum Gasteiger partial charge on any atom is -0.493 e. The second kappa shape index (κ2) is 9.60. The summed E-state index contributed by atoms with van der Waals surface area (Å²) in [5.74, 6) is 1.13. The van der Waals surface area contributed by atoms with Gasteiger partial charge in [0.15, 0.2) is 11.5 Å². The van der Waals surface area contributed by atoms with Gasteiger partial charge in [-0.05, 0) is 49.9 Å². The fraction of sp³-hybridized carbons (Fsp3) is 0.480. The third-order valence-corrected chi connectivity index (χ3v) is 6.94. The molecule has 1 fully saturated rings. The molecule has 2 N–H and O–H groups in total. The van der Waals surface area contributed by atoms with Crippen molar-refractivity contribution in [3.05, 3.63) is 59.7 Å². The van der Waals surface area contributed by atoms with Crippen LogP contribution in [0.15, 0.2) is 48.5 Å². The van der Waals surface area contributed by atoms with Gasteiger partial charge in [0.05, 0.1) is 19.8 Å². The van der Waals surface area contributed by atoms with E-state index < -0.39 is 17.6 Å². The maximum atomic E-state index is 11.8. The van der Waals surface area contributed by atoms with Gasteiger partial charge in [0.1, 0.15) is 0 Å². The average molecular weight is 428 g/mol. The number of rotatable bonds is 8. The molecule has 6 heteroatoms. The second-order valence-electron chi connectivity index (χ2n) is 8.55. The maximum Gasteiger partial charge on any atom is 0.407 e. The van der Waals surface area contributed by atoms with Crippen molar-refractivity contribution in [3.63, 3.8) is 0 Å². The molecule has 1 heterocycles. The Hall–Kier alpha value is -2.73. The van der Waals surface area contributed by atoms with Crippen molar-refractivity contribution in [2.24, 2.45) is 5.41 Å². The summed E-state index contributed by atoms with van der Waals surface area (Å²) in [6, 6.07) is 15.7. The van der Waals surface area contributed by atoms with Crippen LogP contribution in [0.5, 0.6) is 11.5 Å². The first-order valence-electron chi connectivity index (χ1n) is 10.8. The third-order valence-electron chi connectivity index (χ3n) is 6.94. The molecule has 2 aromatic rings. The summed E-state index contributed by atoms with van der Waals surface area (Å²) in [5.41, 5.74) is 1.60. The molecule has 2 aromatic carbocycles. The monoisotopic (exact) mass is 427 g/mol. The fourth-order valence-corrected chi connectivity index (χ4v) is 4.65. The quantitative estimate of drug-likeness (QED) is 0.604. The molecule has 1 saturated heterocycles. The van der Waals surface area contributed by atoms with Crippen LogP contribution in [0, 0.1) is 5.41 Å². The van der Waals surface area contributed by atoms with Crippen LogP contribution in [0.3, 0.4) is 0 Å². The van der Waals surface area contributed by atoms with E-state index >= 15 is 0 Å². The van der Waals surface area contributed by atoms with Gasteiger partial charge in [-0.2, -0.15) is 0 Å². The van der Waals surface area contributed by atoms with Crippen molar-refractivity contribution in [1.82, 2.24) is 4.90 Å². The summed E-state index contributed by atoms with van der Waals surface area (Å²) in [6.07, 6.45) is 0.161. The number of amides is 1. The molecule has 0 aromatic heterocycles. The summed E-state index contributed by atoms with van der Waals surface area (Å²) in [5, 5.41) is 20.2. The van der Waals surface area contributed by atoms with Gasteiger partial charge in [0, 0.05) is 23.9 Å². The molecule has 4 atom stereocenters. The van der Waals surface area contributed by atoms with E-state index in [1.807, 2.05) is 50.2 Å². The summed E-state index contributed by atoms with van der Waals surface area (Å²) >= 11 is 0. The highest BCUT2D eigenvalue weighted by atomic mass is 16.5. The molecule has 1 amide bonds. The highest BCUT2D eigenvalue weighted by Crippen LogP contribution is 2.50. The van der Waals surface area contributed by atoms with Crippen LogP contribution in [0.2, 0.25) is 0 Å².